The molecule has 1 atom stereocenters. The number of hydrogen-bond acceptors (Lipinski definition) is 6. The molecule has 1 aliphatic rings. The van der Waals surface area contributed by atoms with Crippen molar-refractivity contribution in [3.8, 4) is 11.5 Å². The van der Waals surface area contributed by atoms with E-state index < -0.39 is 15.6 Å². The number of carbonyl (C=O) groups is 1. The number of fused-ring (bicyclic) bond motifs is 2. The van der Waals surface area contributed by atoms with Gasteiger partial charge < -0.3 is 14.4 Å². The van der Waals surface area contributed by atoms with Crippen LogP contribution in [0.25, 0.3) is 17.1 Å². The molecule has 5 rings (SSSR count). The molecule has 0 radical (unpaired) electrons. The highest BCUT2D eigenvalue weighted by Gasteiger charge is 2.31. The van der Waals surface area contributed by atoms with Gasteiger partial charge in [0.25, 0.3) is 10.0 Å². The molecule has 2 aromatic heterocycles. The zero-order chi connectivity index (χ0) is 27.9. The highest BCUT2D eigenvalue weighted by Crippen LogP contribution is 2.37. The van der Waals surface area contributed by atoms with Gasteiger partial charge in [0.05, 0.1) is 22.0 Å². The molecule has 2 aromatic carbocycles. The number of aromatic nitrogens is 2. The van der Waals surface area contributed by atoms with E-state index in [2.05, 4.69) is 11.6 Å². The van der Waals surface area contributed by atoms with Crippen LogP contribution >= 0.6 is 0 Å². The molecule has 0 bridgehead atoms. The van der Waals surface area contributed by atoms with Gasteiger partial charge in [0.2, 0.25) is 0 Å². The van der Waals surface area contributed by atoms with E-state index in [1.54, 1.807) is 47.4 Å². The molecule has 0 unspecified atom stereocenters. The summed E-state index contributed by atoms with van der Waals surface area (Å²) in [4.78, 5) is 19.1. The molecule has 0 saturated heterocycles. The molecular formula is C30H31N3O5S. The van der Waals surface area contributed by atoms with Crippen molar-refractivity contribution in [2.75, 3.05) is 6.54 Å². The van der Waals surface area contributed by atoms with Crippen LogP contribution in [0.1, 0.15) is 50.6 Å². The smallest absolute Gasteiger partial charge is 0.410 e. The molecule has 202 valence electrons. The second-order valence-corrected chi connectivity index (χ2v) is 12.3. The first-order valence-electron chi connectivity index (χ1n) is 12.7. The monoisotopic (exact) mass is 545 g/mol. The molecule has 0 spiro atoms. The highest BCUT2D eigenvalue weighted by molar-refractivity contribution is 7.90. The summed E-state index contributed by atoms with van der Waals surface area (Å²) in [6, 6.07) is 17.2. The zero-order valence-electron chi connectivity index (χ0n) is 22.4. The molecule has 8 nitrogen and oxygen atoms in total. The van der Waals surface area contributed by atoms with E-state index >= 15 is 0 Å². The Kier molecular flexibility index (Phi) is 6.72. The number of ether oxygens (including phenoxy) is 2. The minimum Gasteiger partial charge on any atom is -0.457 e. The molecule has 39 heavy (non-hydrogen) atoms. The molecule has 1 amide bonds. The van der Waals surface area contributed by atoms with Crippen LogP contribution in [0.15, 0.2) is 78.3 Å². The van der Waals surface area contributed by atoms with Crippen molar-refractivity contribution in [1.82, 2.24) is 13.9 Å². The maximum absolute atomic E-state index is 13.5. The summed E-state index contributed by atoms with van der Waals surface area (Å²) in [5.41, 5.74) is 2.16. The van der Waals surface area contributed by atoms with Crippen LogP contribution in [-0.2, 0) is 21.2 Å². The number of hydrogen-bond donors (Lipinski definition) is 0. The third-order valence-electron chi connectivity index (χ3n) is 6.65. The van der Waals surface area contributed by atoms with Crippen molar-refractivity contribution < 1.29 is 22.7 Å². The summed E-state index contributed by atoms with van der Waals surface area (Å²) in [5.74, 6) is 1.02. The van der Waals surface area contributed by atoms with Crippen molar-refractivity contribution in [3.63, 3.8) is 0 Å². The molecule has 1 aliphatic heterocycles. The molecule has 0 N–H and O–H groups in total. The highest BCUT2D eigenvalue weighted by atomic mass is 32.2. The molecular weight excluding hydrogens is 514 g/mol. The lowest BCUT2D eigenvalue weighted by Gasteiger charge is -2.36. The van der Waals surface area contributed by atoms with Crippen molar-refractivity contribution >= 4 is 33.2 Å². The average molecular weight is 546 g/mol. The molecule has 0 saturated carbocycles. The van der Waals surface area contributed by atoms with E-state index in [0.29, 0.717) is 35.5 Å². The number of amides is 1. The Labute approximate surface area is 228 Å². The quantitative estimate of drug-likeness (QED) is 0.282. The van der Waals surface area contributed by atoms with Crippen LogP contribution in [0.2, 0.25) is 0 Å². The predicted octanol–water partition coefficient (Wildman–Crippen LogP) is 6.56. The predicted molar refractivity (Wildman–Crippen MR) is 150 cm³/mol. The van der Waals surface area contributed by atoms with E-state index in [-0.39, 0.29) is 22.7 Å². The minimum absolute atomic E-state index is 0.150. The SMILES string of the molecule is C=Cc1cc2c(Oc3ccc4c(c3)[C@H](C)N(C(=O)OC(C)(C)C)CC4)ccnc2n1S(=O)(=O)c1ccccc1. The second-order valence-electron chi connectivity index (χ2n) is 10.5. The summed E-state index contributed by atoms with van der Waals surface area (Å²) >= 11 is 0. The van der Waals surface area contributed by atoms with E-state index in [1.165, 1.54) is 16.2 Å². The Hall–Kier alpha value is -4.11. The van der Waals surface area contributed by atoms with Gasteiger partial charge in [-0.1, -0.05) is 30.8 Å². The summed E-state index contributed by atoms with van der Waals surface area (Å²) in [6.07, 6.45) is 3.37. The van der Waals surface area contributed by atoms with Crippen molar-refractivity contribution in [3.05, 3.63) is 90.3 Å². The van der Waals surface area contributed by atoms with Crippen LogP contribution in [-0.4, -0.2) is 40.5 Å². The number of rotatable bonds is 5. The lowest BCUT2D eigenvalue weighted by atomic mass is 9.93. The fourth-order valence-electron chi connectivity index (χ4n) is 4.81. The van der Waals surface area contributed by atoms with Crippen LogP contribution in [0, 0.1) is 0 Å². The van der Waals surface area contributed by atoms with Crippen LogP contribution in [0.5, 0.6) is 11.5 Å². The standard InChI is InChI=1S/C30H31N3O5S/c1-6-22-18-26-27(14-16-31-28(26)33(22)39(35,36)24-10-8-7-9-11-24)37-23-13-12-21-15-17-32(20(2)25(21)19-23)29(34)38-30(3,4)5/h6-14,16,18-20H,1,15,17H2,2-5H3/t20-/m0/s1. The minimum atomic E-state index is -3.92. The molecule has 0 fully saturated rings. The third kappa shape index (κ3) is 5.02. The van der Waals surface area contributed by atoms with Crippen LogP contribution in [0.4, 0.5) is 4.79 Å². The van der Waals surface area contributed by atoms with Gasteiger partial charge in [0.15, 0.2) is 5.65 Å². The molecule has 3 heterocycles. The molecule has 9 heteroatoms. The first-order chi connectivity index (χ1) is 18.5. The number of carbonyl (C=O) groups excluding carboxylic acids is 1. The Morgan fingerprint density at radius 2 is 1.85 bits per heavy atom. The van der Waals surface area contributed by atoms with Crippen molar-refractivity contribution in [2.24, 2.45) is 0 Å². The van der Waals surface area contributed by atoms with Gasteiger partial charge in [-0.3, -0.25) is 0 Å². The lowest BCUT2D eigenvalue weighted by Crippen LogP contribution is -2.42. The number of benzene rings is 2. The van der Waals surface area contributed by atoms with E-state index in [0.717, 1.165) is 11.1 Å². The normalized spacial score (nSPS) is 15.6. The van der Waals surface area contributed by atoms with Gasteiger partial charge in [0.1, 0.15) is 17.1 Å². The van der Waals surface area contributed by atoms with Crippen molar-refractivity contribution in [2.45, 2.75) is 50.7 Å². The van der Waals surface area contributed by atoms with E-state index in [9.17, 15) is 13.2 Å². The van der Waals surface area contributed by atoms with Crippen LogP contribution in [0.3, 0.4) is 0 Å². The van der Waals surface area contributed by atoms with Crippen LogP contribution < -0.4 is 4.74 Å². The fraction of sp³-hybridized carbons (Fsp3) is 0.267. The molecule has 4 aromatic rings. The largest absolute Gasteiger partial charge is 0.457 e. The topological polar surface area (TPSA) is 90.7 Å². The lowest BCUT2D eigenvalue weighted by molar-refractivity contribution is 0.0159. The second kappa shape index (κ2) is 9.89. The first kappa shape index (κ1) is 26.5. The summed E-state index contributed by atoms with van der Waals surface area (Å²) < 4.78 is 40.1. The van der Waals surface area contributed by atoms with E-state index in [1.807, 2.05) is 45.9 Å². The summed E-state index contributed by atoms with van der Waals surface area (Å²) in [5, 5.41) is 0.535. The Balaban J connectivity index is 1.50. The number of nitrogens with zero attached hydrogens (tertiary/aromatic N) is 3. The third-order valence-corrected chi connectivity index (χ3v) is 8.38. The summed E-state index contributed by atoms with van der Waals surface area (Å²) in [6.45, 7) is 11.9. The van der Waals surface area contributed by atoms with Gasteiger partial charge in [-0.25, -0.2) is 22.2 Å². The summed E-state index contributed by atoms with van der Waals surface area (Å²) in [7, 11) is -3.92. The van der Waals surface area contributed by atoms with Gasteiger partial charge in [-0.15, -0.1) is 0 Å². The van der Waals surface area contributed by atoms with Gasteiger partial charge in [0, 0.05) is 12.7 Å². The van der Waals surface area contributed by atoms with Crippen molar-refractivity contribution in [1.29, 1.82) is 0 Å². The fourth-order valence-corrected chi connectivity index (χ4v) is 6.29. The van der Waals surface area contributed by atoms with Gasteiger partial charge in [-0.05, 0) is 87.7 Å². The first-order valence-corrected chi connectivity index (χ1v) is 14.2. The van der Waals surface area contributed by atoms with Gasteiger partial charge >= 0.3 is 6.09 Å². The van der Waals surface area contributed by atoms with Gasteiger partial charge in [-0.2, -0.15) is 0 Å². The maximum atomic E-state index is 13.5. The molecule has 0 aliphatic carbocycles. The number of pyridine rings is 1. The zero-order valence-corrected chi connectivity index (χ0v) is 23.2. The maximum Gasteiger partial charge on any atom is 0.410 e. The Morgan fingerprint density at radius 1 is 1.10 bits per heavy atom. The average Bonchev–Trinajstić information content (AvgIpc) is 3.29. The Morgan fingerprint density at radius 3 is 2.54 bits per heavy atom. The Bertz CT molecular complexity index is 1670. The van der Waals surface area contributed by atoms with E-state index in [4.69, 9.17) is 9.47 Å².